The fourth-order valence-electron chi connectivity index (χ4n) is 0.664. The zero-order valence-corrected chi connectivity index (χ0v) is 9.11. The molecule has 5 nitrogen and oxygen atoms in total. The van der Waals surface area contributed by atoms with E-state index in [9.17, 15) is 21.6 Å². The summed E-state index contributed by atoms with van der Waals surface area (Å²) in [6, 6.07) is 0. The zero-order chi connectivity index (χ0) is 10.7. The van der Waals surface area contributed by atoms with Crippen molar-refractivity contribution in [3.8, 4) is 0 Å². The molecule has 0 saturated heterocycles. The quantitative estimate of drug-likeness (QED) is 0.640. The molecule has 0 unspecified atom stereocenters. The van der Waals surface area contributed by atoms with E-state index in [1.165, 1.54) is 0 Å². The normalized spacial score (nSPS) is 12.8. The molecular formula is C6H12O5S2. The zero-order valence-electron chi connectivity index (χ0n) is 7.48. The first-order valence-corrected chi connectivity index (χ1v) is 7.49. The number of carbonyl (C=O) groups is 1. The van der Waals surface area contributed by atoms with Gasteiger partial charge < -0.3 is 0 Å². The molecule has 7 heteroatoms. The van der Waals surface area contributed by atoms with Crippen molar-refractivity contribution in [2.75, 3.05) is 18.3 Å². The second-order valence-corrected chi connectivity index (χ2v) is 7.14. The maximum absolute atomic E-state index is 10.8. The number of carbonyl (C=O) groups excluding carboxylic acids is 1. The van der Waals surface area contributed by atoms with Crippen molar-refractivity contribution in [1.82, 2.24) is 0 Å². The van der Waals surface area contributed by atoms with Gasteiger partial charge in [0.15, 0.2) is 0 Å². The Labute approximate surface area is 78.0 Å². The van der Waals surface area contributed by atoms with Gasteiger partial charge in [-0.1, -0.05) is 0 Å². The third kappa shape index (κ3) is 6.71. The fraction of sp³-hybridized carbons (Fsp3) is 0.833. The first kappa shape index (κ1) is 12.6. The molecule has 78 valence electrons. The summed E-state index contributed by atoms with van der Waals surface area (Å²) in [6.45, 7) is 0. The molecule has 0 aliphatic heterocycles. The monoisotopic (exact) mass is 228 g/mol. The van der Waals surface area contributed by atoms with Crippen LogP contribution in [0.5, 0.6) is 0 Å². The van der Waals surface area contributed by atoms with Crippen LogP contribution < -0.4 is 0 Å². The first-order valence-electron chi connectivity index (χ1n) is 3.53. The number of sulfone groups is 2. The summed E-state index contributed by atoms with van der Waals surface area (Å²) in [6.07, 6.45) is 1.68. The highest BCUT2D eigenvalue weighted by Gasteiger charge is 2.15. The van der Waals surface area contributed by atoms with Gasteiger partial charge in [-0.2, -0.15) is 0 Å². The molecule has 0 aromatic heterocycles. The predicted molar refractivity (Wildman–Crippen MR) is 48.8 cm³/mol. The average Bonchev–Trinajstić information content (AvgIpc) is 1.82. The fourth-order valence-corrected chi connectivity index (χ4v) is 1.85. The predicted octanol–water partition coefficient (Wildman–Crippen LogP) is -0.618. The van der Waals surface area contributed by atoms with Gasteiger partial charge in [-0.25, -0.2) is 16.8 Å². The second-order valence-electron chi connectivity index (χ2n) is 2.88. The molecule has 0 spiro atoms. The first-order chi connectivity index (χ1) is 5.63. The van der Waals surface area contributed by atoms with Crippen molar-refractivity contribution in [2.24, 2.45) is 0 Å². The maximum Gasteiger partial charge on any atom is 0.246 e. The molecule has 0 bridgehead atoms. The molecule has 0 amide bonds. The Morgan fingerprint density at radius 1 is 1.08 bits per heavy atom. The van der Waals surface area contributed by atoms with Crippen LogP contribution in [0.4, 0.5) is 0 Å². The number of hydrogen-bond donors (Lipinski definition) is 0. The van der Waals surface area contributed by atoms with E-state index in [0.717, 1.165) is 12.5 Å². The summed E-state index contributed by atoms with van der Waals surface area (Å²) in [4.78, 5) is 10.8. The van der Waals surface area contributed by atoms with Crippen LogP contribution >= 0.6 is 0 Å². The third-order valence-corrected chi connectivity index (χ3v) is 3.37. The van der Waals surface area contributed by atoms with Crippen LogP contribution in [-0.4, -0.2) is 40.2 Å². The Morgan fingerprint density at radius 3 is 1.85 bits per heavy atom. The lowest BCUT2D eigenvalue weighted by Gasteiger charge is -1.97. The van der Waals surface area contributed by atoms with Crippen molar-refractivity contribution in [1.29, 1.82) is 0 Å². The van der Waals surface area contributed by atoms with E-state index < -0.39 is 24.8 Å². The lowest BCUT2D eigenvalue weighted by molar-refractivity contribution is -0.111. The van der Waals surface area contributed by atoms with Crippen LogP contribution in [0.25, 0.3) is 0 Å². The Bertz CT molecular complexity index is 375. The van der Waals surface area contributed by atoms with Gasteiger partial charge in [-0.3, -0.25) is 4.79 Å². The average molecular weight is 228 g/mol. The summed E-state index contributed by atoms with van der Waals surface area (Å²) < 4.78 is 42.4. The minimum atomic E-state index is -3.65. The van der Waals surface area contributed by atoms with E-state index in [-0.39, 0.29) is 18.6 Å². The minimum absolute atomic E-state index is 0.0603. The Hall–Kier alpha value is -0.430. The van der Waals surface area contributed by atoms with Crippen LogP contribution in [0.15, 0.2) is 0 Å². The third-order valence-electron chi connectivity index (χ3n) is 1.31. The maximum atomic E-state index is 10.8. The molecule has 0 aliphatic carbocycles. The highest BCUT2D eigenvalue weighted by molar-refractivity contribution is 8.05. The molecule has 0 heterocycles. The summed E-state index contributed by atoms with van der Waals surface area (Å²) in [7, 11) is -6.77. The van der Waals surface area contributed by atoms with E-state index in [1.807, 2.05) is 0 Å². The largest absolute Gasteiger partial charge is 0.282 e. The van der Waals surface area contributed by atoms with Crippen LogP contribution in [0, 0.1) is 0 Å². The van der Waals surface area contributed by atoms with Crippen LogP contribution in [-0.2, 0) is 24.5 Å². The number of hydrogen-bond acceptors (Lipinski definition) is 5. The summed E-state index contributed by atoms with van der Waals surface area (Å²) in [5.41, 5.74) is 0. The van der Waals surface area contributed by atoms with Crippen molar-refractivity contribution in [3.63, 3.8) is 0 Å². The summed E-state index contributed by atoms with van der Waals surface area (Å²) in [5, 5.41) is -0.906. The van der Waals surface area contributed by atoms with Crippen LogP contribution in [0.2, 0.25) is 0 Å². The molecule has 13 heavy (non-hydrogen) atoms. The van der Waals surface area contributed by atoms with Gasteiger partial charge in [0, 0.05) is 18.9 Å². The van der Waals surface area contributed by atoms with Gasteiger partial charge in [-0.15, -0.1) is 0 Å². The van der Waals surface area contributed by atoms with Gasteiger partial charge in [-0.05, 0) is 6.42 Å². The summed E-state index contributed by atoms with van der Waals surface area (Å²) >= 11 is 0. The highest BCUT2D eigenvalue weighted by atomic mass is 32.2. The standard InChI is InChI=1S/C6H12O5S2/c1-12(8,9)5-3-4-6(7)13(2,10)11/h3-5H2,1-2H3. The highest BCUT2D eigenvalue weighted by Crippen LogP contribution is 1.99. The molecule has 0 N–H and O–H groups in total. The van der Waals surface area contributed by atoms with Crippen molar-refractivity contribution < 1.29 is 21.6 Å². The van der Waals surface area contributed by atoms with Crippen molar-refractivity contribution in [2.45, 2.75) is 12.8 Å². The Balaban J connectivity index is 4.02. The van der Waals surface area contributed by atoms with Crippen LogP contribution in [0.3, 0.4) is 0 Å². The van der Waals surface area contributed by atoms with E-state index in [2.05, 4.69) is 0 Å². The molecule has 0 fully saturated rings. The van der Waals surface area contributed by atoms with E-state index in [4.69, 9.17) is 0 Å². The smallest absolute Gasteiger partial charge is 0.246 e. The molecule has 0 radical (unpaired) electrons. The Kier molecular flexibility index (Phi) is 4.05. The lowest BCUT2D eigenvalue weighted by Crippen LogP contribution is -2.14. The molecular weight excluding hydrogens is 216 g/mol. The van der Waals surface area contributed by atoms with Crippen molar-refractivity contribution in [3.05, 3.63) is 0 Å². The van der Waals surface area contributed by atoms with Gasteiger partial charge in [0.1, 0.15) is 9.84 Å². The minimum Gasteiger partial charge on any atom is -0.282 e. The molecule has 0 aromatic rings. The molecule has 0 aliphatic rings. The number of rotatable bonds is 4. The lowest BCUT2D eigenvalue weighted by atomic mass is 10.4. The molecule has 0 rings (SSSR count). The van der Waals surface area contributed by atoms with Gasteiger partial charge in [0.05, 0.1) is 5.75 Å². The topological polar surface area (TPSA) is 85.3 Å². The molecule has 0 aromatic carbocycles. The van der Waals surface area contributed by atoms with Crippen molar-refractivity contribution >= 4 is 24.8 Å². The SMILES string of the molecule is CS(=O)(=O)CCCC(=O)S(C)(=O)=O. The van der Waals surface area contributed by atoms with Crippen LogP contribution in [0.1, 0.15) is 12.8 Å². The molecule has 0 saturated carbocycles. The van der Waals surface area contributed by atoms with E-state index >= 15 is 0 Å². The van der Waals surface area contributed by atoms with Gasteiger partial charge in [0.25, 0.3) is 0 Å². The summed E-state index contributed by atoms with van der Waals surface area (Å²) in [5.74, 6) is -0.158. The Morgan fingerprint density at radius 2 is 1.54 bits per heavy atom. The molecule has 0 atom stereocenters. The van der Waals surface area contributed by atoms with E-state index in [1.54, 1.807) is 0 Å². The van der Waals surface area contributed by atoms with Gasteiger partial charge >= 0.3 is 0 Å². The van der Waals surface area contributed by atoms with Gasteiger partial charge in [0.2, 0.25) is 15.0 Å². The van der Waals surface area contributed by atoms with E-state index in [0.29, 0.717) is 0 Å². The second kappa shape index (κ2) is 4.19.